The molecule has 0 saturated carbocycles. The second-order valence-electron chi connectivity index (χ2n) is 5.00. The number of aryl methyl sites for hydroxylation is 1. The van der Waals surface area contributed by atoms with E-state index in [9.17, 15) is 4.79 Å². The third-order valence-electron chi connectivity index (χ3n) is 3.63. The van der Waals surface area contributed by atoms with Gasteiger partial charge in [0.15, 0.2) is 0 Å². The lowest BCUT2D eigenvalue weighted by Crippen LogP contribution is -2.35. The molecule has 1 aliphatic heterocycles. The highest BCUT2D eigenvalue weighted by molar-refractivity contribution is 5.91. The van der Waals surface area contributed by atoms with Crippen molar-refractivity contribution in [1.29, 1.82) is 0 Å². The van der Waals surface area contributed by atoms with Gasteiger partial charge in [-0.05, 0) is 11.6 Å². The highest BCUT2D eigenvalue weighted by atomic mass is 16.2. The van der Waals surface area contributed by atoms with Crippen molar-refractivity contribution in [3.05, 3.63) is 59.7 Å². The summed E-state index contributed by atoms with van der Waals surface area (Å²) in [5.74, 6) is 0.0562. The van der Waals surface area contributed by atoms with Gasteiger partial charge in [0, 0.05) is 26.1 Å². The van der Waals surface area contributed by atoms with E-state index in [1.165, 1.54) is 0 Å². The summed E-state index contributed by atoms with van der Waals surface area (Å²) in [7, 11) is 1.97. The van der Waals surface area contributed by atoms with Crippen LogP contribution in [-0.4, -0.2) is 26.9 Å². The fourth-order valence-electron chi connectivity index (χ4n) is 2.44. The topological polar surface area (TPSA) is 38.1 Å². The Morgan fingerprint density at radius 3 is 2.90 bits per heavy atom. The molecule has 1 aliphatic rings. The van der Waals surface area contributed by atoms with Gasteiger partial charge in [0.05, 0.1) is 24.3 Å². The molecule has 2 heterocycles. The summed E-state index contributed by atoms with van der Waals surface area (Å²) >= 11 is 0. The first-order valence-corrected chi connectivity index (χ1v) is 6.75. The molecule has 20 heavy (non-hydrogen) atoms. The van der Waals surface area contributed by atoms with Crippen LogP contribution in [0, 0.1) is 0 Å². The molecule has 1 aromatic heterocycles. The van der Waals surface area contributed by atoms with Gasteiger partial charge >= 0.3 is 0 Å². The Morgan fingerprint density at radius 2 is 2.10 bits per heavy atom. The number of amides is 1. The normalized spacial score (nSPS) is 14.6. The SMILES string of the molecule is Cn1cnc2c1CN(C(=O)/C=C/c1ccccc1)CC2. The number of benzene rings is 1. The molecule has 3 rings (SSSR count). The Balaban J connectivity index is 1.70. The van der Waals surface area contributed by atoms with Crippen LogP contribution >= 0.6 is 0 Å². The first kappa shape index (κ1) is 12.7. The Kier molecular flexibility index (Phi) is 3.37. The molecule has 1 aromatic carbocycles. The highest BCUT2D eigenvalue weighted by Gasteiger charge is 2.22. The van der Waals surface area contributed by atoms with Crippen molar-refractivity contribution in [2.24, 2.45) is 7.05 Å². The molecule has 4 nitrogen and oxygen atoms in total. The lowest BCUT2D eigenvalue weighted by atomic mass is 10.1. The second kappa shape index (κ2) is 5.33. The zero-order valence-corrected chi connectivity index (χ0v) is 11.5. The molecular weight excluding hydrogens is 250 g/mol. The van der Waals surface area contributed by atoms with Crippen LogP contribution in [0.5, 0.6) is 0 Å². The molecule has 0 atom stereocenters. The van der Waals surface area contributed by atoms with Crippen LogP contribution in [0.25, 0.3) is 6.08 Å². The Morgan fingerprint density at radius 1 is 1.30 bits per heavy atom. The lowest BCUT2D eigenvalue weighted by molar-refractivity contribution is -0.126. The minimum atomic E-state index is 0.0562. The van der Waals surface area contributed by atoms with Crippen LogP contribution in [0.15, 0.2) is 42.7 Å². The van der Waals surface area contributed by atoms with Crippen LogP contribution in [-0.2, 0) is 24.8 Å². The van der Waals surface area contributed by atoms with E-state index in [-0.39, 0.29) is 5.91 Å². The monoisotopic (exact) mass is 267 g/mol. The van der Waals surface area contributed by atoms with Crippen molar-refractivity contribution in [3.8, 4) is 0 Å². The smallest absolute Gasteiger partial charge is 0.246 e. The average Bonchev–Trinajstić information content (AvgIpc) is 2.87. The van der Waals surface area contributed by atoms with Crippen molar-refractivity contribution >= 4 is 12.0 Å². The summed E-state index contributed by atoms with van der Waals surface area (Å²) in [5.41, 5.74) is 3.29. The minimum Gasteiger partial charge on any atom is -0.336 e. The van der Waals surface area contributed by atoms with E-state index < -0.39 is 0 Å². The summed E-state index contributed by atoms with van der Waals surface area (Å²) in [6.45, 7) is 1.38. The maximum atomic E-state index is 12.2. The molecule has 2 aromatic rings. The molecule has 102 valence electrons. The molecule has 0 unspecified atom stereocenters. The van der Waals surface area contributed by atoms with E-state index in [0.29, 0.717) is 6.54 Å². The third kappa shape index (κ3) is 2.50. The fourth-order valence-corrected chi connectivity index (χ4v) is 2.44. The standard InChI is InChI=1S/C16H17N3O/c1-18-12-17-14-9-10-19(11-15(14)18)16(20)8-7-13-5-3-2-4-6-13/h2-8,12H,9-11H2,1H3/b8-7+. The number of nitrogens with zero attached hydrogens (tertiary/aromatic N) is 3. The quantitative estimate of drug-likeness (QED) is 0.781. The van der Waals surface area contributed by atoms with Gasteiger partial charge in [-0.3, -0.25) is 4.79 Å². The van der Waals surface area contributed by atoms with Crippen molar-refractivity contribution in [3.63, 3.8) is 0 Å². The van der Waals surface area contributed by atoms with Crippen LogP contribution in [0.3, 0.4) is 0 Å². The summed E-state index contributed by atoms with van der Waals surface area (Å²) in [6.07, 6.45) is 6.16. The van der Waals surface area contributed by atoms with Crippen molar-refractivity contribution < 1.29 is 4.79 Å². The van der Waals surface area contributed by atoms with Crippen LogP contribution in [0.1, 0.15) is 17.0 Å². The first-order chi connectivity index (χ1) is 9.74. The van der Waals surface area contributed by atoms with Crippen molar-refractivity contribution in [1.82, 2.24) is 14.5 Å². The highest BCUT2D eigenvalue weighted by Crippen LogP contribution is 2.17. The van der Waals surface area contributed by atoms with Crippen LogP contribution < -0.4 is 0 Å². The molecule has 0 aliphatic carbocycles. The largest absolute Gasteiger partial charge is 0.336 e. The van der Waals surface area contributed by atoms with Crippen molar-refractivity contribution in [2.75, 3.05) is 6.54 Å². The van der Waals surface area contributed by atoms with E-state index in [4.69, 9.17) is 0 Å². The molecule has 1 amide bonds. The number of aromatic nitrogens is 2. The Labute approximate surface area is 118 Å². The summed E-state index contributed by atoms with van der Waals surface area (Å²) in [5, 5.41) is 0. The van der Waals surface area contributed by atoms with Crippen molar-refractivity contribution in [2.45, 2.75) is 13.0 Å². The maximum Gasteiger partial charge on any atom is 0.246 e. The molecule has 0 bridgehead atoms. The zero-order valence-electron chi connectivity index (χ0n) is 11.5. The van der Waals surface area contributed by atoms with Gasteiger partial charge in [-0.1, -0.05) is 30.3 Å². The van der Waals surface area contributed by atoms with Gasteiger partial charge in [0.1, 0.15) is 0 Å². The number of carbonyl (C=O) groups is 1. The van der Waals surface area contributed by atoms with Crippen LogP contribution in [0.2, 0.25) is 0 Å². The van der Waals surface area contributed by atoms with Gasteiger partial charge in [-0.25, -0.2) is 4.98 Å². The molecule has 4 heteroatoms. The number of hydrogen-bond donors (Lipinski definition) is 0. The number of imidazole rings is 1. The van der Waals surface area contributed by atoms with Gasteiger partial charge in [0.2, 0.25) is 5.91 Å². The predicted octanol–water partition coefficient (Wildman–Crippen LogP) is 2.02. The third-order valence-corrected chi connectivity index (χ3v) is 3.63. The fraction of sp³-hybridized carbons (Fsp3) is 0.250. The molecule has 0 radical (unpaired) electrons. The molecule has 0 saturated heterocycles. The van der Waals surface area contributed by atoms with E-state index >= 15 is 0 Å². The summed E-state index contributed by atoms with van der Waals surface area (Å²) in [4.78, 5) is 18.4. The van der Waals surface area contributed by atoms with Crippen LogP contribution in [0.4, 0.5) is 0 Å². The Bertz CT molecular complexity index is 643. The minimum absolute atomic E-state index is 0.0562. The number of rotatable bonds is 2. The molecule has 0 fully saturated rings. The van der Waals surface area contributed by atoms with Gasteiger partial charge < -0.3 is 9.47 Å². The number of carbonyl (C=O) groups excluding carboxylic acids is 1. The lowest BCUT2D eigenvalue weighted by Gasteiger charge is -2.26. The van der Waals surface area contributed by atoms with E-state index in [1.54, 1.807) is 6.08 Å². The molecule has 0 N–H and O–H groups in total. The number of fused-ring (bicyclic) bond motifs is 1. The van der Waals surface area contributed by atoms with Gasteiger partial charge in [0.25, 0.3) is 0 Å². The Hall–Kier alpha value is -2.36. The molecular formula is C16H17N3O. The van der Waals surface area contributed by atoms with Gasteiger partial charge in [-0.2, -0.15) is 0 Å². The first-order valence-electron chi connectivity index (χ1n) is 6.75. The van der Waals surface area contributed by atoms with E-state index in [0.717, 1.165) is 29.9 Å². The zero-order chi connectivity index (χ0) is 13.9. The number of hydrogen-bond acceptors (Lipinski definition) is 2. The average molecular weight is 267 g/mol. The van der Waals surface area contributed by atoms with E-state index in [2.05, 4.69) is 4.98 Å². The summed E-state index contributed by atoms with van der Waals surface area (Å²) in [6, 6.07) is 9.87. The maximum absolute atomic E-state index is 12.2. The predicted molar refractivity (Wildman–Crippen MR) is 77.8 cm³/mol. The van der Waals surface area contributed by atoms with E-state index in [1.807, 2.05) is 59.2 Å². The summed E-state index contributed by atoms with van der Waals surface area (Å²) < 4.78 is 2.00. The molecule has 0 spiro atoms. The second-order valence-corrected chi connectivity index (χ2v) is 5.00. The van der Waals surface area contributed by atoms with Gasteiger partial charge in [-0.15, -0.1) is 0 Å².